The minimum absolute atomic E-state index is 0.127. The first-order chi connectivity index (χ1) is 8.32. The SMILES string of the molecule is CC(=O)NCC(O)C(O)c1c(F)cc(N)cc1F. The molecule has 0 fully saturated rings. The Balaban J connectivity index is 2.89. The van der Waals surface area contributed by atoms with E-state index in [0.29, 0.717) is 0 Å². The fourth-order valence-electron chi connectivity index (χ4n) is 1.44. The van der Waals surface area contributed by atoms with Gasteiger partial charge in [-0.1, -0.05) is 0 Å². The summed E-state index contributed by atoms with van der Waals surface area (Å²) in [7, 11) is 0. The summed E-state index contributed by atoms with van der Waals surface area (Å²) in [6.45, 7) is 0.892. The number of nitrogen functional groups attached to an aromatic ring is 1. The van der Waals surface area contributed by atoms with Gasteiger partial charge in [0.15, 0.2) is 0 Å². The second-order valence-corrected chi connectivity index (χ2v) is 3.85. The molecular weight excluding hydrogens is 246 g/mol. The fourth-order valence-corrected chi connectivity index (χ4v) is 1.44. The van der Waals surface area contributed by atoms with Crippen LogP contribution in [-0.2, 0) is 4.79 Å². The largest absolute Gasteiger partial charge is 0.399 e. The van der Waals surface area contributed by atoms with Crippen LogP contribution in [0.3, 0.4) is 0 Å². The van der Waals surface area contributed by atoms with E-state index >= 15 is 0 Å². The topological polar surface area (TPSA) is 95.6 Å². The van der Waals surface area contributed by atoms with Crippen molar-refractivity contribution in [2.75, 3.05) is 12.3 Å². The highest BCUT2D eigenvalue weighted by molar-refractivity contribution is 5.72. The van der Waals surface area contributed by atoms with Crippen molar-refractivity contribution >= 4 is 11.6 Å². The van der Waals surface area contributed by atoms with E-state index in [0.717, 1.165) is 12.1 Å². The first-order valence-electron chi connectivity index (χ1n) is 5.18. The molecule has 0 aliphatic rings. The van der Waals surface area contributed by atoms with Gasteiger partial charge in [-0.15, -0.1) is 0 Å². The zero-order valence-electron chi connectivity index (χ0n) is 9.65. The van der Waals surface area contributed by atoms with Crippen molar-refractivity contribution < 1.29 is 23.8 Å². The van der Waals surface area contributed by atoms with E-state index in [1.165, 1.54) is 6.92 Å². The Bertz CT molecular complexity index is 431. The molecule has 0 heterocycles. The fraction of sp³-hybridized carbons (Fsp3) is 0.364. The molecule has 1 aromatic carbocycles. The van der Waals surface area contributed by atoms with Crippen LogP contribution in [0.15, 0.2) is 12.1 Å². The van der Waals surface area contributed by atoms with Crippen LogP contribution in [0.4, 0.5) is 14.5 Å². The molecule has 0 radical (unpaired) electrons. The standard InChI is InChI=1S/C11H14F2N2O3/c1-5(16)15-4-9(17)11(18)10-7(12)2-6(14)3-8(10)13/h2-3,9,11,17-18H,4,14H2,1H3,(H,15,16). The Morgan fingerprint density at radius 3 is 2.33 bits per heavy atom. The summed E-state index contributed by atoms with van der Waals surface area (Å²) < 4.78 is 26.9. The highest BCUT2D eigenvalue weighted by atomic mass is 19.1. The van der Waals surface area contributed by atoms with Gasteiger partial charge in [0.25, 0.3) is 0 Å². The minimum Gasteiger partial charge on any atom is -0.399 e. The molecule has 2 unspecified atom stereocenters. The average Bonchev–Trinajstić information content (AvgIpc) is 2.24. The van der Waals surface area contributed by atoms with E-state index < -0.39 is 35.3 Å². The summed E-state index contributed by atoms with van der Waals surface area (Å²) >= 11 is 0. The molecule has 0 aromatic heterocycles. The highest BCUT2D eigenvalue weighted by Gasteiger charge is 2.25. The summed E-state index contributed by atoms with van der Waals surface area (Å²) in [5.41, 5.74) is 4.42. The number of carbonyl (C=O) groups excluding carboxylic acids is 1. The molecule has 18 heavy (non-hydrogen) atoms. The van der Waals surface area contributed by atoms with E-state index in [1.807, 2.05) is 0 Å². The van der Waals surface area contributed by atoms with Gasteiger partial charge in [-0.25, -0.2) is 8.78 Å². The molecule has 0 bridgehead atoms. The van der Waals surface area contributed by atoms with Crippen molar-refractivity contribution in [1.29, 1.82) is 0 Å². The van der Waals surface area contributed by atoms with E-state index in [2.05, 4.69) is 5.32 Å². The molecule has 0 spiro atoms. The lowest BCUT2D eigenvalue weighted by Gasteiger charge is -2.19. The third-order valence-corrected chi connectivity index (χ3v) is 2.32. The lowest BCUT2D eigenvalue weighted by atomic mass is 10.0. The van der Waals surface area contributed by atoms with Crippen LogP contribution in [-0.4, -0.2) is 28.8 Å². The van der Waals surface area contributed by atoms with Gasteiger partial charge in [-0.2, -0.15) is 0 Å². The van der Waals surface area contributed by atoms with Gasteiger partial charge >= 0.3 is 0 Å². The molecule has 1 aromatic rings. The molecule has 5 N–H and O–H groups in total. The Hall–Kier alpha value is -1.73. The highest BCUT2D eigenvalue weighted by Crippen LogP contribution is 2.25. The lowest BCUT2D eigenvalue weighted by molar-refractivity contribution is -0.119. The number of nitrogens with two attached hydrogens (primary N) is 1. The number of hydrogen-bond donors (Lipinski definition) is 4. The molecule has 2 atom stereocenters. The van der Waals surface area contributed by atoms with Gasteiger partial charge in [-0.05, 0) is 12.1 Å². The quantitative estimate of drug-likeness (QED) is 0.576. The number of aliphatic hydroxyl groups excluding tert-OH is 2. The summed E-state index contributed by atoms with van der Waals surface area (Å²) in [6.07, 6.45) is -3.32. The van der Waals surface area contributed by atoms with Gasteiger partial charge < -0.3 is 21.3 Å². The molecule has 0 aliphatic carbocycles. The number of benzene rings is 1. The van der Waals surface area contributed by atoms with Gasteiger partial charge in [-0.3, -0.25) is 4.79 Å². The molecule has 7 heteroatoms. The van der Waals surface area contributed by atoms with Crippen LogP contribution in [0.2, 0.25) is 0 Å². The van der Waals surface area contributed by atoms with E-state index in [9.17, 15) is 23.8 Å². The third-order valence-electron chi connectivity index (χ3n) is 2.32. The predicted molar refractivity (Wildman–Crippen MR) is 60.4 cm³/mol. The van der Waals surface area contributed by atoms with Crippen molar-refractivity contribution in [2.45, 2.75) is 19.1 Å². The van der Waals surface area contributed by atoms with Crippen molar-refractivity contribution in [2.24, 2.45) is 0 Å². The molecule has 5 nitrogen and oxygen atoms in total. The zero-order valence-corrected chi connectivity index (χ0v) is 9.65. The Morgan fingerprint density at radius 2 is 1.89 bits per heavy atom. The molecule has 1 amide bonds. The average molecular weight is 260 g/mol. The number of aliphatic hydroxyl groups is 2. The second-order valence-electron chi connectivity index (χ2n) is 3.85. The molecular formula is C11H14F2N2O3. The number of rotatable bonds is 4. The summed E-state index contributed by atoms with van der Waals surface area (Å²) in [5.74, 6) is -2.54. The zero-order chi connectivity index (χ0) is 13.9. The molecule has 0 aliphatic heterocycles. The van der Waals surface area contributed by atoms with Crippen molar-refractivity contribution in [3.05, 3.63) is 29.3 Å². The maximum Gasteiger partial charge on any atom is 0.216 e. The first-order valence-corrected chi connectivity index (χ1v) is 5.18. The van der Waals surface area contributed by atoms with E-state index in [1.54, 1.807) is 0 Å². The predicted octanol–water partition coefficient (Wildman–Crippen LogP) is 0.0774. The van der Waals surface area contributed by atoms with Crippen LogP contribution in [0, 0.1) is 11.6 Å². The normalized spacial score (nSPS) is 14.1. The maximum absolute atomic E-state index is 13.4. The van der Waals surface area contributed by atoms with Crippen molar-refractivity contribution in [3.63, 3.8) is 0 Å². The smallest absolute Gasteiger partial charge is 0.216 e. The minimum atomic E-state index is -1.79. The number of anilines is 1. The van der Waals surface area contributed by atoms with Crippen LogP contribution >= 0.6 is 0 Å². The number of carbonyl (C=O) groups is 1. The Kier molecular flexibility index (Phi) is 4.57. The van der Waals surface area contributed by atoms with Crippen molar-refractivity contribution in [1.82, 2.24) is 5.32 Å². The van der Waals surface area contributed by atoms with Crippen LogP contribution in [0.25, 0.3) is 0 Å². The molecule has 0 saturated heterocycles. The number of hydrogen-bond acceptors (Lipinski definition) is 4. The van der Waals surface area contributed by atoms with Gasteiger partial charge in [0, 0.05) is 19.2 Å². The number of amides is 1. The van der Waals surface area contributed by atoms with Crippen LogP contribution in [0.1, 0.15) is 18.6 Å². The van der Waals surface area contributed by atoms with Crippen LogP contribution in [0.5, 0.6) is 0 Å². The summed E-state index contributed by atoms with van der Waals surface area (Å²) in [6, 6.07) is 1.68. The Morgan fingerprint density at radius 1 is 1.39 bits per heavy atom. The Labute approximate surface area is 102 Å². The molecule has 0 saturated carbocycles. The monoisotopic (exact) mass is 260 g/mol. The number of nitrogens with one attached hydrogen (secondary N) is 1. The number of halogens is 2. The second kappa shape index (κ2) is 5.74. The maximum atomic E-state index is 13.4. The van der Waals surface area contributed by atoms with Crippen LogP contribution < -0.4 is 11.1 Å². The van der Waals surface area contributed by atoms with Gasteiger partial charge in [0.05, 0.1) is 5.56 Å². The third kappa shape index (κ3) is 3.38. The van der Waals surface area contributed by atoms with Gasteiger partial charge in [0.2, 0.25) is 5.91 Å². The molecule has 100 valence electrons. The molecule has 1 rings (SSSR count). The summed E-state index contributed by atoms with van der Waals surface area (Å²) in [4.78, 5) is 10.6. The summed E-state index contributed by atoms with van der Waals surface area (Å²) in [5, 5.41) is 21.4. The van der Waals surface area contributed by atoms with E-state index in [-0.39, 0.29) is 12.2 Å². The first kappa shape index (κ1) is 14.3. The van der Waals surface area contributed by atoms with Gasteiger partial charge in [0.1, 0.15) is 23.8 Å². The van der Waals surface area contributed by atoms with E-state index in [4.69, 9.17) is 5.73 Å². The van der Waals surface area contributed by atoms with Crippen molar-refractivity contribution in [3.8, 4) is 0 Å². The lowest BCUT2D eigenvalue weighted by Crippen LogP contribution is -2.34.